The number of benzene rings is 2. The average Bonchev–Trinajstić information content (AvgIpc) is 2.77. The number of hydrogen-bond donors (Lipinski definition) is 2. The molecule has 0 fully saturated rings. The van der Waals surface area contributed by atoms with Crippen molar-refractivity contribution in [1.29, 1.82) is 0 Å². The van der Waals surface area contributed by atoms with E-state index in [-0.39, 0.29) is 6.61 Å². The number of phosphoric ester groups is 1. The van der Waals surface area contributed by atoms with Crippen molar-refractivity contribution < 1.29 is 23.6 Å². The molecule has 2 rings (SSSR count). The summed E-state index contributed by atoms with van der Waals surface area (Å²) in [6, 6.07) is 13.8. The minimum absolute atomic E-state index is 0.120. The van der Waals surface area contributed by atoms with Gasteiger partial charge in [0.25, 0.3) is 0 Å². The lowest BCUT2D eigenvalue weighted by molar-refractivity contribution is 0.0952. The van der Waals surface area contributed by atoms with Gasteiger partial charge in [-0.1, -0.05) is 114 Å². The molecular formula is C26H41O5P. The highest BCUT2D eigenvalue weighted by atomic mass is 31.2. The van der Waals surface area contributed by atoms with Crippen molar-refractivity contribution >= 4 is 18.6 Å². The van der Waals surface area contributed by atoms with Crippen LogP contribution in [0.4, 0.5) is 0 Å². The second-order valence-corrected chi connectivity index (χ2v) is 9.92. The number of hydrogen-bond acceptors (Lipinski definition) is 3. The predicted molar refractivity (Wildman–Crippen MR) is 132 cm³/mol. The van der Waals surface area contributed by atoms with Crippen LogP contribution in [0.2, 0.25) is 0 Å². The quantitative estimate of drug-likeness (QED) is 0.174. The third-order valence-corrected chi connectivity index (χ3v) is 6.34. The lowest BCUT2D eigenvalue weighted by Gasteiger charge is -2.20. The van der Waals surface area contributed by atoms with E-state index in [2.05, 4.69) is 6.92 Å². The van der Waals surface area contributed by atoms with Gasteiger partial charge >= 0.3 is 7.82 Å². The SMILES string of the molecule is CCCCCCCCCCCCCCC(COP(=O)(O)O)Oc1cccc2ccccc12. The van der Waals surface area contributed by atoms with Gasteiger partial charge in [0.05, 0.1) is 6.61 Å². The Bertz CT molecular complexity index is 798. The van der Waals surface area contributed by atoms with Crippen LogP contribution in [0.5, 0.6) is 5.75 Å². The van der Waals surface area contributed by atoms with Crippen LogP contribution >= 0.6 is 7.82 Å². The molecule has 1 unspecified atom stereocenters. The highest BCUT2D eigenvalue weighted by Crippen LogP contribution is 2.36. The predicted octanol–water partition coefficient (Wildman–Crippen LogP) is 7.79. The Kier molecular flexibility index (Phi) is 13.0. The zero-order valence-electron chi connectivity index (χ0n) is 19.6. The average molecular weight is 465 g/mol. The molecule has 0 amide bonds. The lowest BCUT2D eigenvalue weighted by atomic mass is 10.0. The first-order chi connectivity index (χ1) is 15.5. The largest absolute Gasteiger partial charge is 0.487 e. The van der Waals surface area contributed by atoms with Crippen molar-refractivity contribution in [3.05, 3.63) is 42.5 Å². The zero-order chi connectivity index (χ0) is 23.1. The van der Waals surface area contributed by atoms with Gasteiger partial charge in [-0.2, -0.15) is 0 Å². The molecule has 0 bridgehead atoms. The summed E-state index contributed by atoms with van der Waals surface area (Å²) in [6.07, 6.45) is 15.6. The van der Waals surface area contributed by atoms with Crippen LogP contribution < -0.4 is 4.74 Å². The molecule has 0 aliphatic carbocycles. The minimum atomic E-state index is -4.52. The maximum Gasteiger partial charge on any atom is 0.469 e. The molecule has 0 spiro atoms. The molecule has 0 aliphatic heterocycles. The summed E-state index contributed by atoms with van der Waals surface area (Å²) < 4.78 is 22.1. The number of phosphoric acid groups is 1. The van der Waals surface area contributed by atoms with E-state index in [1.807, 2.05) is 42.5 Å². The molecule has 6 heteroatoms. The molecule has 2 aromatic carbocycles. The van der Waals surface area contributed by atoms with E-state index in [4.69, 9.17) is 19.0 Å². The molecular weight excluding hydrogens is 423 g/mol. The molecule has 180 valence electrons. The maximum atomic E-state index is 11.2. The highest BCUT2D eigenvalue weighted by Gasteiger charge is 2.20. The van der Waals surface area contributed by atoms with Crippen LogP contribution in [0.1, 0.15) is 90.4 Å². The van der Waals surface area contributed by atoms with E-state index in [1.165, 1.54) is 64.2 Å². The van der Waals surface area contributed by atoms with E-state index in [9.17, 15) is 4.57 Å². The Hall–Kier alpha value is -1.39. The molecule has 32 heavy (non-hydrogen) atoms. The minimum Gasteiger partial charge on any atom is -0.487 e. The summed E-state index contributed by atoms with van der Waals surface area (Å²) in [5, 5.41) is 2.07. The monoisotopic (exact) mass is 464 g/mol. The summed E-state index contributed by atoms with van der Waals surface area (Å²) in [5.74, 6) is 0.723. The summed E-state index contributed by atoms with van der Waals surface area (Å²) >= 11 is 0. The first-order valence-corrected chi connectivity index (χ1v) is 13.9. The Morgan fingerprint density at radius 2 is 1.34 bits per heavy atom. The molecule has 0 radical (unpaired) electrons. The zero-order valence-corrected chi connectivity index (χ0v) is 20.5. The smallest absolute Gasteiger partial charge is 0.469 e. The van der Waals surface area contributed by atoms with E-state index in [0.29, 0.717) is 6.42 Å². The summed E-state index contributed by atoms with van der Waals surface area (Å²) in [7, 11) is -4.52. The van der Waals surface area contributed by atoms with Crippen LogP contribution in [0.3, 0.4) is 0 Å². The number of rotatable bonds is 18. The molecule has 2 N–H and O–H groups in total. The van der Waals surface area contributed by atoms with Crippen LogP contribution in [0.25, 0.3) is 10.8 Å². The van der Waals surface area contributed by atoms with E-state index >= 15 is 0 Å². The van der Waals surface area contributed by atoms with Gasteiger partial charge in [-0.15, -0.1) is 0 Å². The number of fused-ring (bicyclic) bond motifs is 1. The standard InChI is InChI=1S/C26H41O5P/c1-2-3-4-5-6-7-8-9-10-11-12-13-19-24(22-30-32(27,28)29)31-26-21-16-18-23-17-14-15-20-25(23)26/h14-18,20-21,24H,2-13,19,22H2,1H3,(H2,27,28,29). The van der Waals surface area contributed by atoms with Crippen molar-refractivity contribution in [1.82, 2.24) is 0 Å². The fourth-order valence-corrected chi connectivity index (χ4v) is 4.41. The Morgan fingerprint density at radius 3 is 1.97 bits per heavy atom. The third kappa shape index (κ3) is 11.5. The Labute approximate surface area is 193 Å². The van der Waals surface area contributed by atoms with Crippen LogP contribution in [0.15, 0.2) is 42.5 Å². The molecule has 5 nitrogen and oxygen atoms in total. The highest BCUT2D eigenvalue weighted by molar-refractivity contribution is 7.46. The lowest BCUT2D eigenvalue weighted by Crippen LogP contribution is -2.22. The second kappa shape index (κ2) is 15.4. The normalized spacial score (nSPS) is 12.8. The van der Waals surface area contributed by atoms with Crippen molar-refractivity contribution in [2.24, 2.45) is 0 Å². The van der Waals surface area contributed by atoms with E-state index in [1.54, 1.807) is 0 Å². The molecule has 0 aromatic heterocycles. The Balaban J connectivity index is 1.71. The van der Waals surface area contributed by atoms with Crippen molar-refractivity contribution in [2.75, 3.05) is 6.61 Å². The molecule has 1 atom stereocenters. The van der Waals surface area contributed by atoms with E-state index in [0.717, 1.165) is 29.4 Å². The Morgan fingerprint density at radius 1 is 0.781 bits per heavy atom. The molecule has 0 heterocycles. The van der Waals surface area contributed by atoms with Gasteiger partial charge in [0.15, 0.2) is 0 Å². The van der Waals surface area contributed by atoms with Gasteiger partial charge in [0.2, 0.25) is 0 Å². The molecule has 0 saturated carbocycles. The molecule has 2 aromatic rings. The van der Waals surface area contributed by atoms with Gasteiger partial charge in [-0.3, -0.25) is 4.52 Å². The van der Waals surface area contributed by atoms with Crippen molar-refractivity contribution in [3.8, 4) is 5.75 Å². The summed E-state index contributed by atoms with van der Waals surface area (Å²) in [6.45, 7) is 2.13. The van der Waals surface area contributed by atoms with Crippen LogP contribution in [-0.4, -0.2) is 22.5 Å². The van der Waals surface area contributed by atoms with Gasteiger partial charge in [0.1, 0.15) is 11.9 Å². The number of ether oxygens (including phenoxy) is 1. The summed E-state index contributed by atoms with van der Waals surface area (Å²) in [4.78, 5) is 18.2. The van der Waals surface area contributed by atoms with Crippen molar-refractivity contribution in [3.63, 3.8) is 0 Å². The fraction of sp³-hybridized carbons (Fsp3) is 0.615. The number of unbranched alkanes of at least 4 members (excludes halogenated alkanes) is 11. The summed E-state index contributed by atoms with van der Waals surface area (Å²) in [5.41, 5.74) is 0. The van der Waals surface area contributed by atoms with Gasteiger partial charge in [0, 0.05) is 5.39 Å². The van der Waals surface area contributed by atoms with Crippen molar-refractivity contribution in [2.45, 2.75) is 96.5 Å². The topological polar surface area (TPSA) is 76.0 Å². The van der Waals surface area contributed by atoms with Gasteiger partial charge < -0.3 is 14.5 Å². The molecule has 0 aliphatic rings. The third-order valence-electron chi connectivity index (χ3n) is 5.85. The van der Waals surface area contributed by atoms with Gasteiger partial charge in [-0.25, -0.2) is 4.57 Å². The van der Waals surface area contributed by atoms with Crippen LogP contribution in [-0.2, 0) is 9.09 Å². The fourth-order valence-electron chi connectivity index (χ4n) is 4.05. The van der Waals surface area contributed by atoms with Crippen LogP contribution in [0, 0.1) is 0 Å². The van der Waals surface area contributed by atoms with E-state index < -0.39 is 13.9 Å². The first-order valence-electron chi connectivity index (χ1n) is 12.3. The first kappa shape index (κ1) is 26.9. The maximum absolute atomic E-state index is 11.2. The second-order valence-electron chi connectivity index (χ2n) is 8.68. The van der Waals surface area contributed by atoms with Gasteiger partial charge in [-0.05, 0) is 24.3 Å². The molecule has 0 saturated heterocycles.